The minimum absolute atomic E-state index is 0.0750. The summed E-state index contributed by atoms with van der Waals surface area (Å²) >= 11 is 0. The van der Waals surface area contributed by atoms with Crippen LogP contribution in [0, 0.1) is 11.8 Å². The topological polar surface area (TPSA) is 133 Å². The summed E-state index contributed by atoms with van der Waals surface area (Å²) < 4.78 is 69.1. The second-order valence-corrected chi connectivity index (χ2v) is 14.1. The van der Waals surface area contributed by atoms with Gasteiger partial charge in [0.05, 0.1) is 12.0 Å². The second-order valence-electron chi connectivity index (χ2n) is 12.1. The summed E-state index contributed by atoms with van der Waals surface area (Å²) in [5.41, 5.74) is -0.529. The van der Waals surface area contributed by atoms with Gasteiger partial charge in [0.1, 0.15) is 6.04 Å². The Morgan fingerprint density at radius 1 is 1.09 bits per heavy atom. The number of nitrogens with one attached hydrogen (secondary N) is 2. The van der Waals surface area contributed by atoms with E-state index in [0.29, 0.717) is 36.4 Å². The number of nitrogens with zero attached hydrogens (tertiary/aromatic N) is 1. The first kappa shape index (κ1) is 30.3. The summed E-state index contributed by atoms with van der Waals surface area (Å²) in [5.74, 6) is -7.94. The average molecular weight is 632 g/mol. The molecule has 2 aromatic carbocycles. The van der Waals surface area contributed by atoms with Crippen molar-refractivity contribution in [3.05, 3.63) is 70.9 Å². The normalized spacial score (nSPS) is 27.3. The van der Waals surface area contributed by atoms with E-state index in [2.05, 4.69) is 10.6 Å². The van der Waals surface area contributed by atoms with Crippen molar-refractivity contribution in [2.75, 3.05) is 12.8 Å². The van der Waals surface area contributed by atoms with Gasteiger partial charge in [0.2, 0.25) is 26.8 Å². The van der Waals surface area contributed by atoms with Crippen LogP contribution in [-0.4, -0.2) is 73.0 Å². The Kier molecular flexibility index (Phi) is 7.39. The maximum atomic E-state index is 15.4. The van der Waals surface area contributed by atoms with Gasteiger partial charge in [0, 0.05) is 42.3 Å². The standard InChI is InChI=1S/C31H32F3N3O6S/c1-44(42,43)25(32)15-18(14-17-12-13-35-27(17)38)36-28(39)26-24-11-10-19(16-30(24,33)34)37(26)29(40)31(41)22-8-4-2-6-20(22)21-7-3-5-9-23(21)31/h2-9,15,17-19,24,26,41H,10-14,16H2,1H3,(H,35,38)(H,36,39)/b25-15-/t17-,18-,19+,24+,26-/m0/s1. The Morgan fingerprint density at radius 3 is 2.25 bits per heavy atom. The number of aliphatic hydroxyl groups is 1. The van der Waals surface area contributed by atoms with Gasteiger partial charge in [0.25, 0.3) is 11.8 Å². The SMILES string of the molecule is CS(=O)(=O)/C(F)=C\[C@H](C[C@@H]1CCNC1=O)NC(=O)[C@@H]1[C@H]2CC[C@H](CC2(F)F)N1C(=O)C1(O)c2ccccc2-c2ccccc21. The van der Waals surface area contributed by atoms with Crippen LogP contribution in [0.3, 0.4) is 0 Å². The van der Waals surface area contributed by atoms with Gasteiger partial charge in [-0.15, -0.1) is 0 Å². The summed E-state index contributed by atoms with van der Waals surface area (Å²) in [5, 5.41) is 15.8. The van der Waals surface area contributed by atoms with Gasteiger partial charge in [-0.1, -0.05) is 48.5 Å². The fraction of sp³-hybridized carbons (Fsp3) is 0.452. The molecule has 7 rings (SSSR count). The Balaban J connectivity index is 1.39. The van der Waals surface area contributed by atoms with E-state index < -0.39 is 74.7 Å². The van der Waals surface area contributed by atoms with Crippen molar-refractivity contribution in [2.45, 2.75) is 61.8 Å². The number of hydrogen-bond donors (Lipinski definition) is 3. The molecule has 9 nitrogen and oxygen atoms in total. The second kappa shape index (κ2) is 10.7. The molecule has 0 spiro atoms. The first-order valence-electron chi connectivity index (χ1n) is 14.5. The van der Waals surface area contributed by atoms with Crippen LogP contribution in [0.1, 0.15) is 43.2 Å². The molecule has 5 aliphatic rings. The molecule has 3 N–H and O–H groups in total. The van der Waals surface area contributed by atoms with Crippen molar-refractivity contribution in [2.24, 2.45) is 11.8 Å². The third-order valence-electron chi connectivity index (χ3n) is 9.39. The molecule has 3 amide bonds. The highest BCUT2D eigenvalue weighted by atomic mass is 32.2. The third-order valence-corrected chi connectivity index (χ3v) is 10.2. The number of fused-ring (bicyclic) bond motifs is 6. The number of carbonyl (C=O) groups is 3. The molecule has 2 aliphatic carbocycles. The number of hydrogen-bond acceptors (Lipinski definition) is 6. The summed E-state index contributed by atoms with van der Waals surface area (Å²) in [4.78, 5) is 41.8. The molecular formula is C31H32F3N3O6S. The highest BCUT2D eigenvalue weighted by molar-refractivity contribution is 7.94. The molecule has 44 heavy (non-hydrogen) atoms. The van der Waals surface area contributed by atoms with Crippen LogP contribution >= 0.6 is 0 Å². The van der Waals surface area contributed by atoms with E-state index in [4.69, 9.17) is 0 Å². The molecule has 3 aliphatic heterocycles. The van der Waals surface area contributed by atoms with Gasteiger partial charge in [-0.25, -0.2) is 17.2 Å². The minimum Gasteiger partial charge on any atom is -0.372 e. The van der Waals surface area contributed by atoms with Gasteiger partial charge >= 0.3 is 0 Å². The van der Waals surface area contributed by atoms with E-state index in [9.17, 15) is 32.3 Å². The van der Waals surface area contributed by atoms with E-state index >= 15 is 8.78 Å². The Morgan fingerprint density at radius 2 is 1.70 bits per heavy atom. The van der Waals surface area contributed by atoms with Gasteiger partial charge < -0.3 is 20.6 Å². The van der Waals surface area contributed by atoms with Gasteiger partial charge in [-0.3, -0.25) is 14.4 Å². The van der Waals surface area contributed by atoms with Crippen molar-refractivity contribution < 1.29 is 41.1 Å². The first-order chi connectivity index (χ1) is 20.7. The number of alkyl halides is 2. The highest BCUT2D eigenvalue weighted by Crippen LogP contribution is 2.53. The summed E-state index contributed by atoms with van der Waals surface area (Å²) in [6.07, 6.45) is 0.872. The molecule has 1 saturated carbocycles. The highest BCUT2D eigenvalue weighted by Gasteiger charge is 2.63. The molecule has 0 radical (unpaired) electrons. The van der Waals surface area contributed by atoms with Crippen LogP contribution in [0.25, 0.3) is 11.1 Å². The van der Waals surface area contributed by atoms with Crippen LogP contribution in [0.5, 0.6) is 0 Å². The van der Waals surface area contributed by atoms with Gasteiger partial charge in [0.15, 0.2) is 5.60 Å². The lowest BCUT2D eigenvalue weighted by atomic mass is 9.70. The molecule has 2 aromatic rings. The minimum atomic E-state index is -4.31. The summed E-state index contributed by atoms with van der Waals surface area (Å²) in [6.45, 7) is 0.338. The zero-order chi connectivity index (χ0) is 31.6. The predicted octanol–water partition coefficient (Wildman–Crippen LogP) is 2.78. The van der Waals surface area contributed by atoms with Crippen LogP contribution in [0.2, 0.25) is 0 Å². The fourth-order valence-corrected chi connectivity index (χ4v) is 7.73. The molecule has 0 unspecified atom stereocenters. The molecule has 234 valence electrons. The van der Waals surface area contributed by atoms with Gasteiger partial charge in [-0.05, 0) is 42.9 Å². The number of piperidine rings is 2. The molecule has 3 saturated heterocycles. The van der Waals surface area contributed by atoms with E-state index in [1.165, 1.54) is 0 Å². The Bertz CT molecular complexity index is 1630. The largest absolute Gasteiger partial charge is 0.372 e. The lowest BCUT2D eigenvalue weighted by Gasteiger charge is -2.55. The molecule has 2 bridgehead atoms. The molecule has 13 heteroatoms. The summed E-state index contributed by atoms with van der Waals surface area (Å²) in [6, 6.07) is 9.27. The number of rotatable bonds is 7. The molecular weight excluding hydrogens is 599 g/mol. The number of benzene rings is 2. The van der Waals surface area contributed by atoms with E-state index in [1.807, 2.05) is 0 Å². The number of sulfone groups is 1. The van der Waals surface area contributed by atoms with Crippen LogP contribution in [0.4, 0.5) is 13.2 Å². The van der Waals surface area contributed by atoms with Crippen molar-refractivity contribution >= 4 is 27.6 Å². The summed E-state index contributed by atoms with van der Waals surface area (Å²) in [7, 11) is -4.31. The maximum Gasteiger partial charge on any atom is 0.264 e. The number of amides is 3. The lowest BCUT2D eigenvalue weighted by molar-refractivity contribution is -0.201. The van der Waals surface area contributed by atoms with Crippen LogP contribution < -0.4 is 10.6 Å². The first-order valence-corrected chi connectivity index (χ1v) is 16.4. The molecule has 3 heterocycles. The molecule has 4 fully saturated rings. The van der Waals surface area contributed by atoms with Gasteiger partial charge in [-0.2, -0.15) is 4.39 Å². The van der Waals surface area contributed by atoms with Crippen LogP contribution in [-0.2, 0) is 29.8 Å². The van der Waals surface area contributed by atoms with E-state index in [-0.39, 0.29) is 36.3 Å². The van der Waals surface area contributed by atoms with Crippen molar-refractivity contribution in [1.82, 2.24) is 15.5 Å². The van der Waals surface area contributed by atoms with Crippen molar-refractivity contribution in [1.29, 1.82) is 0 Å². The third kappa shape index (κ3) is 4.90. The lowest BCUT2D eigenvalue weighted by Crippen LogP contribution is -2.70. The maximum absolute atomic E-state index is 15.4. The predicted molar refractivity (Wildman–Crippen MR) is 153 cm³/mol. The zero-order valence-electron chi connectivity index (χ0n) is 23.8. The quantitative estimate of drug-likeness (QED) is 0.431. The molecule has 0 aromatic heterocycles. The Hall–Kier alpha value is -3.71. The van der Waals surface area contributed by atoms with Crippen LogP contribution in [0.15, 0.2) is 59.8 Å². The van der Waals surface area contributed by atoms with Crippen molar-refractivity contribution in [3.8, 4) is 11.1 Å². The number of carbonyl (C=O) groups excluding carboxylic acids is 3. The Labute approximate surface area is 252 Å². The molecule has 5 atom stereocenters. The monoisotopic (exact) mass is 631 g/mol. The van der Waals surface area contributed by atoms with Crippen molar-refractivity contribution in [3.63, 3.8) is 0 Å². The zero-order valence-corrected chi connectivity index (χ0v) is 24.6. The van der Waals surface area contributed by atoms with E-state index in [1.54, 1.807) is 48.5 Å². The average Bonchev–Trinajstić information content (AvgIpc) is 3.50. The number of halogens is 3. The smallest absolute Gasteiger partial charge is 0.264 e. The fourth-order valence-electron chi connectivity index (χ4n) is 7.32. The van der Waals surface area contributed by atoms with E-state index in [0.717, 1.165) is 4.90 Å².